The fourth-order valence-electron chi connectivity index (χ4n) is 3.79. The van der Waals surface area contributed by atoms with Crippen LogP contribution in [-0.2, 0) is 12.1 Å². The summed E-state index contributed by atoms with van der Waals surface area (Å²) in [4.78, 5) is 5.75. The van der Waals surface area contributed by atoms with Crippen molar-refractivity contribution >= 4 is 11.3 Å². The highest BCUT2D eigenvalue weighted by atomic mass is 32.1. The fourth-order valence-corrected chi connectivity index (χ4v) is 4.51. The minimum atomic E-state index is -0.467. The van der Waals surface area contributed by atoms with E-state index in [0.717, 1.165) is 41.8 Å². The molecule has 28 heavy (non-hydrogen) atoms. The molecule has 5 rings (SSSR count). The third-order valence-corrected chi connectivity index (χ3v) is 6.18. The number of rotatable bonds is 5. The molecular weight excluding hydrogens is 370 g/mol. The molecule has 2 N–H and O–H groups in total. The van der Waals surface area contributed by atoms with Crippen LogP contribution in [0.4, 0.5) is 0 Å². The first kappa shape index (κ1) is 17.3. The standard InChI is InChI=1S/C21H21N5OS/c22-21(10-4-5-11-21)20-23-19(27-25-20)16-14-26(13-15-7-2-1-3-8-15)24-18(16)17-9-6-12-28-17/h1-3,6-9,12,14H,4-5,10-11,13,22H2. The van der Waals surface area contributed by atoms with Crippen molar-refractivity contribution in [1.82, 2.24) is 19.9 Å². The summed E-state index contributed by atoms with van der Waals surface area (Å²) in [6.45, 7) is 0.682. The molecule has 7 heteroatoms. The van der Waals surface area contributed by atoms with E-state index in [4.69, 9.17) is 15.4 Å². The Bertz CT molecular complexity index is 1060. The Labute approximate surface area is 167 Å². The maximum Gasteiger partial charge on any atom is 0.261 e. The normalized spacial score (nSPS) is 15.9. The zero-order chi connectivity index (χ0) is 19.0. The van der Waals surface area contributed by atoms with Gasteiger partial charge in [-0.15, -0.1) is 11.3 Å². The number of hydrogen-bond acceptors (Lipinski definition) is 6. The number of nitrogens with two attached hydrogens (primary N) is 1. The maximum absolute atomic E-state index is 6.51. The van der Waals surface area contributed by atoms with Crippen LogP contribution in [0.15, 0.2) is 58.6 Å². The Hall–Kier alpha value is -2.77. The van der Waals surface area contributed by atoms with E-state index in [1.54, 1.807) is 11.3 Å². The average Bonchev–Trinajstić information content (AvgIpc) is 3.49. The van der Waals surface area contributed by atoms with Crippen LogP contribution in [0, 0.1) is 0 Å². The van der Waals surface area contributed by atoms with E-state index >= 15 is 0 Å². The first-order chi connectivity index (χ1) is 13.7. The lowest BCUT2D eigenvalue weighted by molar-refractivity contribution is 0.372. The molecule has 1 saturated carbocycles. The molecule has 1 fully saturated rings. The van der Waals surface area contributed by atoms with E-state index in [9.17, 15) is 0 Å². The highest BCUT2D eigenvalue weighted by Gasteiger charge is 2.36. The van der Waals surface area contributed by atoms with Crippen LogP contribution < -0.4 is 5.73 Å². The summed E-state index contributed by atoms with van der Waals surface area (Å²) in [6.07, 6.45) is 6.00. The van der Waals surface area contributed by atoms with Crippen LogP contribution >= 0.6 is 11.3 Å². The SMILES string of the molecule is NC1(c2noc(-c3cn(Cc4ccccc4)nc3-c3cccs3)n2)CCCC1. The van der Waals surface area contributed by atoms with Crippen molar-refractivity contribution in [3.63, 3.8) is 0 Å². The second-order valence-corrected chi connectivity index (χ2v) is 8.29. The van der Waals surface area contributed by atoms with Gasteiger partial charge in [-0.2, -0.15) is 10.1 Å². The first-order valence-electron chi connectivity index (χ1n) is 9.50. The van der Waals surface area contributed by atoms with Gasteiger partial charge in [-0.25, -0.2) is 0 Å². The summed E-state index contributed by atoms with van der Waals surface area (Å²) >= 11 is 1.65. The monoisotopic (exact) mass is 391 g/mol. The van der Waals surface area contributed by atoms with Crippen LogP contribution in [-0.4, -0.2) is 19.9 Å². The van der Waals surface area contributed by atoms with Gasteiger partial charge in [0.05, 0.1) is 22.5 Å². The molecule has 142 valence electrons. The maximum atomic E-state index is 6.51. The molecule has 6 nitrogen and oxygen atoms in total. The molecule has 1 aliphatic carbocycles. The molecule has 0 radical (unpaired) electrons. The zero-order valence-corrected chi connectivity index (χ0v) is 16.2. The lowest BCUT2D eigenvalue weighted by Gasteiger charge is -2.17. The lowest BCUT2D eigenvalue weighted by Crippen LogP contribution is -2.34. The minimum Gasteiger partial charge on any atom is -0.334 e. The van der Waals surface area contributed by atoms with Crippen LogP contribution in [0.5, 0.6) is 0 Å². The van der Waals surface area contributed by atoms with Gasteiger partial charge in [0, 0.05) is 6.20 Å². The van der Waals surface area contributed by atoms with Gasteiger partial charge in [0.2, 0.25) is 0 Å². The molecule has 0 bridgehead atoms. The molecule has 0 amide bonds. The van der Waals surface area contributed by atoms with Gasteiger partial charge in [-0.1, -0.05) is 54.4 Å². The first-order valence-corrected chi connectivity index (χ1v) is 10.4. The van der Waals surface area contributed by atoms with Crippen molar-refractivity contribution in [2.24, 2.45) is 5.73 Å². The van der Waals surface area contributed by atoms with E-state index in [-0.39, 0.29) is 0 Å². The van der Waals surface area contributed by atoms with Gasteiger partial charge in [0.1, 0.15) is 5.69 Å². The molecule has 4 aromatic rings. The summed E-state index contributed by atoms with van der Waals surface area (Å²) in [6, 6.07) is 14.3. The van der Waals surface area contributed by atoms with E-state index in [2.05, 4.69) is 28.3 Å². The summed E-state index contributed by atoms with van der Waals surface area (Å²) < 4.78 is 7.57. The van der Waals surface area contributed by atoms with Gasteiger partial charge < -0.3 is 10.3 Å². The van der Waals surface area contributed by atoms with Crippen molar-refractivity contribution in [3.05, 3.63) is 65.4 Å². The summed E-state index contributed by atoms with van der Waals surface area (Å²) in [5.41, 5.74) is 8.93. The highest BCUT2D eigenvalue weighted by Crippen LogP contribution is 2.37. The Balaban J connectivity index is 1.54. The summed E-state index contributed by atoms with van der Waals surface area (Å²) in [5, 5.41) is 11.1. The van der Waals surface area contributed by atoms with E-state index in [0.29, 0.717) is 18.3 Å². The van der Waals surface area contributed by atoms with Crippen molar-refractivity contribution < 1.29 is 4.52 Å². The summed E-state index contributed by atoms with van der Waals surface area (Å²) in [7, 11) is 0. The van der Waals surface area contributed by atoms with Gasteiger partial charge in [0.15, 0.2) is 5.82 Å². The lowest BCUT2D eigenvalue weighted by atomic mass is 9.99. The third-order valence-electron chi connectivity index (χ3n) is 5.30. The molecule has 0 saturated heterocycles. The average molecular weight is 392 g/mol. The smallest absolute Gasteiger partial charge is 0.261 e. The van der Waals surface area contributed by atoms with Crippen LogP contribution in [0.1, 0.15) is 37.1 Å². The quantitative estimate of drug-likeness (QED) is 0.544. The molecule has 3 heterocycles. The van der Waals surface area contributed by atoms with Crippen LogP contribution in [0.3, 0.4) is 0 Å². The number of thiophene rings is 1. The molecule has 0 aliphatic heterocycles. The largest absolute Gasteiger partial charge is 0.334 e. The van der Waals surface area contributed by atoms with Gasteiger partial charge in [-0.05, 0) is 29.9 Å². The number of hydrogen-bond donors (Lipinski definition) is 1. The van der Waals surface area contributed by atoms with E-state index < -0.39 is 5.54 Å². The third kappa shape index (κ3) is 3.16. The Morgan fingerprint density at radius 1 is 1.11 bits per heavy atom. The number of benzene rings is 1. The second kappa shape index (κ2) is 7.00. The molecule has 0 atom stereocenters. The second-order valence-electron chi connectivity index (χ2n) is 7.34. The van der Waals surface area contributed by atoms with Gasteiger partial charge in [-0.3, -0.25) is 4.68 Å². The Kier molecular flexibility index (Phi) is 4.33. The predicted octanol–water partition coefficient (Wildman–Crippen LogP) is 4.44. The molecule has 0 unspecified atom stereocenters. The molecule has 1 aromatic carbocycles. The Morgan fingerprint density at radius 2 is 1.93 bits per heavy atom. The van der Waals surface area contributed by atoms with Crippen molar-refractivity contribution in [3.8, 4) is 22.0 Å². The predicted molar refractivity (Wildman–Crippen MR) is 109 cm³/mol. The number of nitrogens with zero attached hydrogens (tertiary/aromatic N) is 4. The molecule has 3 aromatic heterocycles. The van der Waals surface area contributed by atoms with Crippen molar-refractivity contribution in [2.75, 3.05) is 0 Å². The van der Waals surface area contributed by atoms with Gasteiger partial charge in [0.25, 0.3) is 5.89 Å². The van der Waals surface area contributed by atoms with Crippen LogP contribution in [0.25, 0.3) is 22.0 Å². The number of aromatic nitrogens is 4. The van der Waals surface area contributed by atoms with E-state index in [1.165, 1.54) is 5.56 Å². The van der Waals surface area contributed by atoms with Crippen LogP contribution in [0.2, 0.25) is 0 Å². The fraction of sp³-hybridized carbons (Fsp3) is 0.286. The van der Waals surface area contributed by atoms with E-state index in [1.807, 2.05) is 40.5 Å². The minimum absolute atomic E-state index is 0.467. The van der Waals surface area contributed by atoms with Crippen molar-refractivity contribution in [2.45, 2.75) is 37.8 Å². The zero-order valence-electron chi connectivity index (χ0n) is 15.4. The molecular formula is C21H21N5OS. The Morgan fingerprint density at radius 3 is 2.68 bits per heavy atom. The summed E-state index contributed by atoms with van der Waals surface area (Å²) in [5.74, 6) is 1.09. The van der Waals surface area contributed by atoms with Gasteiger partial charge >= 0.3 is 0 Å². The topological polar surface area (TPSA) is 82.8 Å². The van der Waals surface area contributed by atoms with Crippen molar-refractivity contribution in [1.29, 1.82) is 0 Å². The molecule has 0 spiro atoms. The molecule has 1 aliphatic rings. The highest BCUT2D eigenvalue weighted by molar-refractivity contribution is 7.13.